The van der Waals surface area contributed by atoms with E-state index < -0.39 is 0 Å². The standard InChI is InChI=1S/C14H19N3O/c1-4-18-14-9-10(2)5-6-13(14)16-11(3)12-7-8-15-17-12/h5-9,11,16H,4H2,1-3H3,(H,15,17). The van der Waals surface area contributed by atoms with Crippen molar-refractivity contribution in [2.75, 3.05) is 11.9 Å². The predicted molar refractivity (Wildman–Crippen MR) is 73.0 cm³/mol. The number of hydrogen-bond acceptors (Lipinski definition) is 3. The van der Waals surface area contributed by atoms with Gasteiger partial charge in [-0.05, 0) is 44.5 Å². The number of H-pyrrole nitrogens is 1. The van der Waals surface area contributed by atoms with Crippen LogP contribution in [0.25, 0.3) is 0 Å². The molecule has 0 spiro atoms. The van der Waals surface area contributed by atoms with E-state index in [-0.39, 0.29) is 6.04 Å². The molecule has 1 atom stereocenters. The Morgan fingerprint density at radius 3 is 2.89 bits per heavy atom. The molecule has 1 heterocycles. The molecule has 4 heteroatoms. The van der Waals surface area contributed by atoms with Gasteiger partial charge in [-0.3, -0.25) is 5.10 Å². The van der Waals surface area contributed by atoms with Gasteiger partial charge in [-0.1, -0.05) is 6.07 Å². The lowest BCUT2D eigenvalue weighted by molar-refractivity contribution is 0.341. The number of nitrogens with one attached hydrogen (secondary N) is 2. The third kappa shape index (κ3) is 2.83. The van der Waals surface area contributed by atoms with Gasteiger partial charge in [0.15, 0.2) is 0 Å². The van der Waals surface area contributed by atoms with Crippen LogP contribution < -0.4 is 10.1 Å². The quantitative estimate of drug-likeness (QED) is 0.849. The molecule has 0 saturated heterocycles. The summed E-state index contributed by atoms with van der Waals surface area (Å²) in [6.07, 6.45) is 1.76. The summed E-state index contributed by atoms with van der Waals surface area (Å²) in [5, 5.41) is 10.4. The fraction of sp³-hybridized carbons (Fsp3) is 0.357. The Balaban J connectivity index is 2.17. The number of aryl methyl sites for hydroxylation is 1. The predicted octanol–water partition coefficient (Wildman–Crippen LogP) is 3.29. The Morgan fingerprint density at radius 2 is 2.22 bits per heavy atom. The summed E-state index contributed by atoms with van der Waals surface area (Å²) in [5.41, 5.74) is 3.25. The zero-order chi connectivity index (χ0) is 13.0. The Labute approximate surface area is 107 Å². The summed E-state index contributed by atoms with van der Waals surface area (Å²) in [5.74, 6) is 0.892. The van der Waals surface area contributed by atoms with Crippen molar-refractivity contribution in [2.24, 2.45) is 0 Å². The number of ether oxygens (including phenoxy) is 1. The molecule has 1 aromatic heterocycles. The van der Waals surface area contributed by atoms with E-state index in [1.165, 1.54) is 5.56 Å². The molecule has 4 nitrogen and oxygen atoms in total. The number of aromatic nitrogens is 2. The minimum absolute atomic E-state index is 0.161. The Morgan fingerprint density at radius 1 is 1.39 bits per heavy atom. The molecule has 2 aromatic rings. The fourth-order valence-corrected chi connectivity index (χ4v) is 1.84. The normalized spacial score (nSPS) is 12.2. The average molecular weight is 245 g/mol. The molecule has 0 aliphatic carbocycles. The third-order valence-electron chi connectivity index (χ3n) is 2.80. The minimum Gasteiger partial charge on any atom is -0.492 e. The van der Waals surface area contributed by atoms with Crippen LogP contribution in [-0.4, -0.2) is 16.8 Å². The lowest BCUT2D eigenvalue weighted by atomic mass is 10.1. The van der Waals surface area contributed by atoms with Crippen LogP contribution in [0.4, 0.5) is 5.69 Å². The van der Waals surface area contributed by atoms with Gasteiger partial charge in [0.2, 0.25) is 0 Å². The van der Waals surface area contributed by atoms with E-state index in [0.29, 0.717) is 6.61 Å². The maximum atomic E-state index is 5.65. The third-order valence-corrected chi connectivity index (χ3v) is 2.80. The molecule has 1 aromatic carbocycles. The number of hydrogen-bond donors (Lipinski definition) is 2. The molecule has 2 N–H and O–H groups in total. The van der Waals surface area contributed by atoms with E-state index in [0.717, 1.165) is 17.1 Å². The molecule has 0 radical (unpaired) electrons. The van der Waals surface area contributed by atoms with Crippen LogP contribution >= 0.6 is 0 Å². The monoisotopic (exact) mass is 245 g/mol. The SMILES string of the molecule is CCOc1cc(C)ccc1NC(C)c1ccn[nH]1. The molecule has 0 aliphatic rings. The van der Waals surface area contributed by atoms with Crippen LogP contribution in [0.1, 0.15) is 31.1 Å². The Bertz CT molecular complexity index is 494. The van der Waals surface area contributed by atoms with Gasteiger partial charge in [-0.25, -0.2) is 0 Å². The van der Waals surface area contributed by atoms with E-state index in [2.05, 4.69) is 35.4 Å². The molecule has 0 amide bonds. The number of anilines is 1. The lowest BCUT2D eigenvalue weighted by Gasteiger charge is -2.17. The van der Waals surface area contributed by atoms with Gasteiger partial charge in [0.05, 0.1) is 24.0 Å². The fourth-order valence-electron chi connectivity index (χ4n) is 1.84. The highest BCUT2D eigenvalue weighted by Gasteiger charge is 2.10. The van der Waals surface area contributed by atoms with Crippen molar-refractivity contribution in [3.63, 3.8) is 0 Å². The van der Waals surface area contributed by atoms with Crippen LogP contribution in [0.3, 0.4) is 0 Å². The van der Waals surface area contributed by atoms with Crippen molar-refractivity contribution >= 4 is 5.69 Å². The molecule has 1 unspecified atom stereocenters. The largest absolute Gasteiger partial charge is 0.492 e. The Kier molecular flexibility index (Phi) is 3.87. The van der Waals surface area contributed by atoms with Gasteiger partial charge in [0.25, 0.3) is 0 Å². The van der Waals surface area contributed by atoms with Crippen molar-refractivity contribution in [1.82, 2.24) is 10.2 Å². The molecular weight excluding hydrogens is 226 g/mol. The van der Waals surface area contributed by atoms with Gasteiger partial charge < -0.3 is 10.1 Å². The molecule has 18 heavy (non-hydrogen) atoms. The topological polar surface area (TPSA) is 49.9 Å². The van der Waals surface area contributed by atoms with E-state index in [1.54, 1.807) is 6.20 Å². The molecular formula is C14H19N3O. The highest BCUT2D eigenvalue weighted by molar-refractivity contribution is 5.58. The number of benzene rings is 1. The molecule has 0 aliphatic heterocycles. The van der Waals surface area contributed by atoms with E-state index in [4.69, 9.17) is 4.74 Å². The van der Waals surface area contributed by atoms with Crippen molar-refractivity contribution < 1.29 is 4.74 Å². The van der Waals surface area contributed by atoms with Gasteiger partial charge in [0, 0.05) is 6.20 Å². The van der Waals surface area contributed by atoms with Crippen LogP contribution in [0.5, 0.6) is 5.75 Å². The van der Waals surface area contributed by atoms with E-state index in [1.807, 2.05) is 25.1 Å². The van der Waals surface area contributed by atoms with Gasteiger partial charge in [-0.15, -0.1) is 0 Å². The smallest absolute Gasteiger partial charge is 0.142 e. The van der Waals surface area contributed by atoms with Crippen LogP contribution in [-0.2, 0) is 0 Å². The zero-order valence-electron chi connectivity index (χ0n) is 11.0. The van der Waals surface area contributed by atoms with Gasteiger partial charge in [-0.2, -0.15) is 5.10 Å². The summed E-state index contributed by atoms with van der Waals surface area (Å²) in [6, 6.07) is 8.30. The number of rotatable bonds is 5. The first-order valence-electron chi connectivity index (χ1n) is 6.20. The van der Waals surface area contributed by atoms with Crippen LogP contribution in [0.15, 0.2) is 30.5 Å². The van der Waals surface area contributed by atoms with Gasteiger partial charge in [0.1, 0.15) is 5.75 Å². The van der Waals surface area contributed by atoms with E-state index in [9.17, 15) is 0 Å². The molecule has 96 valence electrons. The number of nitrogens with zero attached hydrogens (tertiary/aromatic N) is 1. The second kappa shape index (κ2) is 5.58. The Hall–Kier alpha value is -1.97. The first-order chi connectivity index (χ1) is 8.70. The van der Waals surface area contributed by atoms with Crippen molar-refractivity contribution in [2.45, 2.75) is 26.8 Å². The maximum Gasteiger partial charge on any atom is 0.142 e. The summed E-state index contributed by atoms with van der Waals surface area (Å²) in [4.78, 5) is 0. The molecule has 2 rings (SSSR count). The summed E-state index contributed by atoms with van der Waals surface area (Å²) in [7, 11) is 0. The highest BCUT2D eigenvalue weighted by Crippen LogP contribution is 2.28. The summed E-state index contributed by atoms with van der Waals surface area (Å²) in [6.45, 7) is 6.80. The second-order valence-corrected chi connectivity index (χ2v) is 4.31. The molecule has 0 fully saturated rings. The van der Waals surface area contributed by atoms with Crippen LogP contribution in [0.2, 0.25) is 0 Å². The molecule has 0 saturated carbocycles. The zero-order valence-corrected chi connectivity index (χ0v) is 11.0. The van der Waals surface area contributed by atoms with E-state index >= 15 is 0 Å². The minimum atomic E-state index is 0.161. The van der Waals surface area contributed by atoms with Gasteiger partial charge >= 0.3 is 0 Å². The summed E-state index contributed by atoms with van der Waals surface area (Å²) < 4.78 is 5.65. The second-order valence-electron chi connectivity index (χ2n) is 4.31. The van der Waals surface area contributed by atoms with Crippen molar-refractivity contribution in [3.8, 4) is 5.75 Å². The molecule has 0 bridgehead atoms. The summed E-state index contributed by atoms with van der Waals surface area (Å²) >= 11 is 0. The van der Waals surface area contributed by atoms with Crippen molar-refractivity contribution in [3.05, 3.63) is 41.7 Å². The van der Waals surface area contributed by atoms with Crippen molar-refractivity contribution in [1.29, 1.82) is 0 Å². The first-order valence-corrected chi connectivity index (χ1v) is 6.20. The van der Waals surface area contributed by atoms with Crippen LogP contribution in [0, 0.1) is 6.92 Å². The first kappa shape index (κ1) is 12.5. The highest BCUT2D eigenvalue weighted by atomic mass is 16.5. The lowest BCUT2D eigenvalue weighted by Crippen LogP contribution is -2.08. The number of aromatic amines is 1. The average Bonchev–Trinajstić information content (AvgIpc) is 2.86. The maximum absolute atomic E-state index is 5.65.